The summed E-state index contributed by atoms with van der Waals surface area (Å²) < 4.78 is 0. The van der Waals surface area contributed by atoms with E-state index in [1.54, 1.807) is 24.5 Å². The first-order valence-corrected chi connectivity index (χ1v) is 5.37. The van der Waals surface area contributed by atoms with Gasteiger partial charge in [-0.2, -0.15) is 0 Å². The average Bonchev–Trinajstić information content (AvgIpc) is 2.39. The highest BCUT2D eigenvalue weighted by Gasteiger charge is 2.23. The van der Waals surface area contributed by atoms with Crippen molar-refractivity contribution < 1.29 is 4.92 Å². The van der Waals surface area contributed by atoms with Gasteiger partial charge in [0.25, 0.3) is 0 Å². The van der Waals surface area contributed by atoms with E-state index in [0.717, 1.165) is 0 Å². The number of rotatable bonds is 4. The number of nitrogens with one attached hydrogen (secondary N) is 1. The van der Waals surface area contributed by atoms with Gasteiger partial charge in [0.2, 0.25) is 5.82 Å². The van der Waals surface area contributed by atoms with Gasteiger partial charge >= 0.3 is 5.69 Å². The van der Waals surface area contributed by atoms with Crippen LogP contribution in [-0.2, 0) is 0 Å². The molecule has 0 saturated carbocycles. The van der Waals surface area contributed by atoms with Crippen molar-refractivity contribution in [2.75, 3.05) is 11.9 Å². The second-order valence-electron chi connectivity index (χ2n) is 3.44. The van der Waals surface area contributed by atoms with E-state index >= 15 is 0 Å². The van der Waals surface area contributed by atoms with Gasteiger partial charge in [0.15, 0.2) is 5.69 Å². The van der Waals surface area contributed by atoms with E-state index in [1.165, 1.54) is 6.33 Å². The summed E-state index contributed by atoms with van der Waals surface area (Å²) in [6.45, 7) is 2.39. The Morgan fingerprint density at radius 2 is 2.06 bits per heavy atom. The Morgan fingerprint density at radius 1 is 1.33 bits per heavy atom. The van der Waals surface area contributed by atoms with Crippen molar-refractivity contribution in [3.05, 3.63) is 41.0 Å². The van der Waals surface area contributed by atoms with Crippen LogP contribution in [0.15, 0.2) is 30.9 Å². The van der Waals surface area contributed by atoms with Crippen LogP contribution in [0.3, 0.4) is 0 Å². The monoisotopic (exact) mass is 245 g/mol. The Balaban J connectivity index is 2.60. The van der Waals surface area contributed by atoms with Crippen LogP contribution in [0.25, 0.3) is 11.3 Å². The fourth-order valence-corrected chi connectivity index (χ4v) is 1.57. The van der Waals surface area contributed by atoms with E-state index in [4.69, 9.17) is 0 Å². The third-order valence-corrected chi connectivity index (χ3v) is 2.30. The predicted octanol–water partition coefficient (Wildman–Crippen LogP) is 1.88. The summed E-state index contributed by atoms with van der Waals surface area (Å²) in [4.78, 5) is 22.4. The van der Waals surface area contributed by atoms with Crippen LogP contribution in [0.5, 0.6) is 0 Å². The zero-order valence-corrected chi connectivity index (χ0v) is 9.70. The van der Waals surface area contributed by atoms with Crippen molar-refractivity contribution in [2.24, 2.45) is 0 Å². The van der Waals surface area contributed by atoms with Gasteiger partial charge in [-0.25, -0.2) is 9.97 Å². The van der Waals surface area contributed by atoms with Crippen LogP contribution in [0.2, 0.25) is 0 Å². The maximum absolute atomic E-state index is 11.2. The van der Waals surface area contributed by atoms with Crippen molar-refractivity contribution in [1.82, 2.24) is 15.0 Å². The largest absolute Gasteiger partial charge is 0.365 e. The highest BCUT2D eigenvalue weighted by atomic mass is 16.6. The molecule has 92 valence electrons. The van der Waals surface area contributed by atoms with Gasteiger partial charge in [-0.3, -0.25) is 15.1 Å². The van der Waals surface area contributed by atoms with Gasteiger partial charge < -0.3 is 5.32 Å². The molecule has 0 unspecified atom stereocenters. The van der Waals surface area contributed by atoms with Gasteiger partial charge in [0, 0.05) is 24.5 Å². The highest BCUT2D eigenvalue weighted by molar-refractivity contribution is 5.76. The third kappa shape index (κ3) is 2.24. The Labute approximate surface area is 103 Å². The molecule has 18 heavy (non-hydrogen) atoms. The lowest BCUT2D eigenvalue weighted by atomic mass is 10.1. The first kappa shape index (κ1) is 11.9. The number of hydrogen-bond acceptors (Lipinski definition) is 6. The average molecular weight is 245 g/mol. The maximum atomic E-state index is 11.2. The fourth-order valence-electron chi connectivity index (χ4n) is 1.57. The van der Waals surface area contributed by atoms with Crippen LogP contribution < -0.4 is 5.32 Å². The minimum absolute atomic E-state index is 0.120. The smallest absolute Gasteiger partial charge is 0.337 e. The molecule has 0 aliphatic carbocycles. The number of aromatic nitrogens is 3. The summed E-state index contributed by atoms with van der Waals surface area (Å²) in [5.41, 5.74) is 0.803. The minimum atomic E-state index is -0.478. The quantitative estimate of drug-likeness (QED) is 0.652. The molecule has 0 atom stereocenters. The molecular weight excluding hydrogens is 234 g/mol. The molecule has 2 aromatic rings. The molecule has 7 nitrogen and oxygen atoms in total. The normalized spacial score (nSPS) is 10.1. The molecule has 7 heteroatoms. The van der Waals surface area contributed by atoms with Gasteiger partial charge in [-0.05, 0) is 19.1 Å². The number of anilines is 1. The maximum Gasteiger partial charge on any atom is 0.337 e. The van der Waals surface area contributed by atoms with Crippen LogP contribution in [-0.4, -0.2) is 26.4 Å². The van der Waals surface area contributed by atoms with Crippen LogP contribution in [0, 0.1) is 10.1 Å². The van der Waals surface area contributed by atoms with E-state index < -0.39 is 4.92 Å². The van der Waals surface area contributed by atoms with E-state index in [0.29, 0.717) is 12.1 Å². The van der Waals surface area contributed by atoms with Crippen LogP contribution in [0.1, 0.15) is 6.92 Å². The summed E-state index contributed by atoms with van der Waals surface area (Å²) >= 11 is 0. The molecule has 0 aromatic carbocycles. The predicted molar refractivity (Wildman–Crippen MR) is 66.1 cm³/mol. The van der Waals surface area contributed by atoms with Gasteiger partial charge in [0.05, 0.1) is 4.92 Å². The van der Waals surface area contributed by atoms with Crippen LogP contribution >= 0.6 is 0 Å². The molecule has 0 bridgehead atoms. The number of hydrogen-bond donors (Lipinski definition) is 1. The summed E-state index contributed by atoms with van der Waals surface area (Å²) in [7, 11) is 0. The summed E-state index contributed by atoms with van der Waals surface area (Å²) in [6, 6.07) is 3.34. The molecule has 0 spiro atoms. The lowest BCUT2D eigenvalue weighted by molar-refractivity contribution is -0.383. The zero-order chi connectivity index (χ0) is 13.0. The highest BCUT2D eigenvalue weighted by Crippen LogP contribution is 2.32. The van der Waals surface area contributed by atoms with Gasteiger partial charge in [0.1, 0.15) is 6.33 Å². The van der Waals surface area contributed by atoms with Gasteiger partial charge in [-0.15, -0.1) is 0 Å². The molecule has 0 radical (unpaired) electrons. The van der Waals surface area contributed by atoms with E-state index in [2.05, 4.69) is 20.3 Å². The second-order valence-corrected chi connectivity index (χ2v) is 3.44. The molecule has 0 aliphatic heterocycles. The van der Waals surface area contributed by atoms with Crippen molar-refractivity contribution in [3.8, 4) is 11.3 Å². The first-order valence-electron chi connectivity index (χ1n) is 5.37. The van der Waals surface area contributed by atoms with E-state index in [9.17, 15) is 10.1 Å². The molecule has 1 N–H and O–H groups in total. The Hall–Kier alpha value is -2.57. The Bertz CT molecular complexity index is 559. The number of nitro groups is 1. The molecule has 0 amide bonds. The SMILES string of the molecule is CCNc1ncnc(-c2ccncc2)c1[N+](=O)[O-]. The molecular formula is C11H11N5O2. The molecule has 2 rings (SSSR count). The lowest BCUT2D eigenvalue weighted by Crippen LogP contribution is -2.06. The zero-order valence-electron chi connectivity index (χ0n) is 9.70. The molecule has 0 saturated heterocycles. The minimum Gasteiger partial charge on any atom is -0.365 e. The second kappa shape index (κ2) is 5.17. The summed E-state index contributed by atoms with van der Waals surface area (Å²) in [6.07, 6.45) is 4.43. The van der Waals surface area contributed by atoms with E-state index in [-0.39, 0.29) is 17.2 Å². The molecule has 2 heterocycles. The van der Waals surface area contributed by atoms with Crippen molar-refractivity contribution in [1.29, 1.82) is 0 Å². The topological polar surface area (TPSA) is 93.8 Å². The third-order valence-electron chi connectivity index (χ3n) is 2.30. The molecule has 2 aromatic heterocycles. The van der Waals surface area contributed by atoms with E-state index in [1.807, 2.05) is 6.92 Å². The van der Waals surface area contributed by atoms with Crippen LogP contribution in [0.4, 0.5) is 11.5 Å². The molecule has 0 fully saturated rings. The fraction of sp³-hybridized carbons (Fsp3) is 0.182. The number of nitrogens with zero attached hydrogens (tertiary/aromatic N) is 4. The van der Waals surface area contributed by atoms with Gasteiger partial charge in [-0.1, -0.05) is 0 Å². The summed E-state index contributed by atoms with van der Waals surface area (Å²) in [5.74, 6) is 0.226. The van der Waals surface area contributed by atoms with Crippen molar-refractivity contribution >= 4 is 11.5 Å². The summed E-state index contributed by atoms with van der Waals surface area (Å²) in [5, 5.41) is 14.0. The first-order chi connectivity index (χ1) is 8.74. The van der Waals surface area contributed by atoms with Crippen molar-refractivity contribution in [3.63, 3.8) is 0 Å². The van der Waals surface area contributed by atoms with Crippen molar-refractivity contribution in [2.45, 2.75) is 6.92 Å². The lowest BCUT2D eigenvalue weighted by Gasteiger charge is -2.06. The number of pyridine rings is 1. The molecule has 0 aliphatic rings. The Morgan fingerprint density at radius 3 is 2.67 bits per heavy atom. The Kier molecular flexibility index (Phi) is 3.42. The standard InChI is InChI=1S/C11H11N5O2/c1-2-13-11-10(16(17)18)9(14-7-15-11)8-3-5-12-6-4-8/h3-7H,2H2,1H3,(H,13,14,15).